The summed E-state index contributed by atoms with van der Waals surface area (Å²) in [5.74, 6) is 5.59. The first-order valence-electron chi connectivity index (χ1n) is 16.2. The first kappa shape index (κ1) is 36.1. The second-order valence-corrected chi connectivity index (χ2v) is 14.5. The Morgan fingerprint density at radius 3 is 1.20 bits per heavy atom. The zero-order valence-electron chi connectivity index (χ0n) is 28.3. The molecule has 0 saturated heterocycles. The van der Waals surface area contributed by atoms with Crippen molar-refractivity contribution in [2.24, 2.45) is 23.7 Å². The SMILES string of the molecule is C1CC2C3CCC(C3)C2C1.CCC.CCC.Cc1ccc(O)c(C(C)(C)C)c1.Cc1ccc(O)c(C(C)(C)C)c1. The summed E-state index contributed by atoms with van der Waals surface area (Å²) >= 11 is 0. The largest absolute Gasteiger partial charge is 0.508 e. The van der Waals surface area contributed by atoms with E-state index in [1.54, 1.807) is 50.7 Å². The Kier molecular flexibility index (Phi) is 14.9. The molecule has 2 nitrogen and oxygen atoms in total. The Morgan fingerprint density at radius 1 is 0.600 bits per heavy atom. The molecule has 3 fully saturated rings. The molecule has 40 heavy (non-hydrogen) atoms. The number of fused-ring (bicyclic) bond motifs is 5. The molecule has 2 bridgehead atoms. The van der Waals surface area contributed by atoms with Crippen LogP contribution < -0.4 is 0 Å². The van der Waals surface area contributed by atoms with E-state index < -0.39 is 0 Å². The number of aryl methyl sites for hydroxylation is 2. The van der Waals surface area contributed by atoms with E-state index in [4.69, 9.17) is 0 Å². The van der Waals surface area contributed by atoms with Gasteiger partial charge in [-0.05, 0) is 104 Å². The minimum atomic E-state index is 0.0239. The third-order valence-corrected chi connectivity index (χ3v) is 8.27. The van der Waals surface area contributed by atoms with Crippen molar-refractivity contribution in [1.82, 2.24) is 0 Å². The molecule has 228 valence electrons. The van der Waals surface area contributed by atoms with Crippen LogP contribution >= 0.6 is 0 Å². The van der Waals surface area contributed by atoms with Gasteiger partial charge in [0.15, 0.2) is 0 Å². The highest BCUT2D eigenvalue weighted by Crippen LogP contribution is 2.58. The summed E-state index contributed by atoms with van der Waals surface area (Å²) in [6.45, 7) is 25.2. The summed E-state index contributed by atoms with van der Waals surface area (Å²) in [5, 5.41) is 19.1. The summed E-state index contributed by atoms with van der Waals surface area (Å²) in [5.41, 5.74) is 4.46. The van der Waals surface area contributed by atoms with Gasteiger partial charge in [0.2, 0.25) is 0 Å². The Balaban J connectivity index is 0.000000273. The molecule has 2 heteroatoms. The van der Waals surface area contributed by atoms with Crippen LogP contribution in [0.2, 0.25) is 0 Å². The second-order valence-electron chi connectivity index (χ2n) is 14.5. The average Bonchev–Trinajstić information content (AvgIpc) is 3.58. The highest BCUT2D eigenvalue weighted by molar-refractivity contribution is 5.40. The van der Waals surface area contributed by atoms with Gasteiger partial charge >= 0.3 is 0 Å². The van der Waals surface area contributed by atoms with Gasteiger partial charge < -0.3 is 10.2 Å². The van der Waals surface area contributed by atoms with Crippen LogP contribution in [-0.4, -0.2) is 10.2 Å². The normalized spacial score (nSPS) is 22.3. The number of aromatic hydroxyl groups is 2. The maximum atomic E-state index is 9.57. The van der Waals surface area contributed by atoms with Gasteiger partial charge in [0.05, 0.1) is 0 Å². The molecule has 2 aromatic rings. The van der Waals surface area contributed by atoms with E-state index in [0.717, 1.165) is 11.1 Å². The molecule has 5 rings (SSSR count). The molecule has 3 aliphatic carbocycles. The summed E-state index contributed by atoms with van der Waals surface area (Å²) in [7, 11) is 0. The molecule has 0 radical (unpaired) electrons. The smallest absolute Gasteiger partial charge is 0.119 e. The van der Waals surface area contributed by atoms with E-state index >= 15 is 0 Å². The molecule has 0 spiro atoms. The molecule has 0 heterocycles. The average molecular weight is 553 g/mol. The Labute approximate surface area is 249 Å². The van der Waals surface area contributed by atoms with Gasteiger partial charge in [0.25, 0.3) is 0 Å². The predicted octanol–water partition coefficient (Wildman–Crippen LogP) is 11.7. The van der Waals surface area contributed by atoms with Crippen LogP contribution in [0, 0.1) is 37.5 Å². The number of benzene rings is 2. The van der Waals surface area contributed by atoms with Crippen LogP contribution in [0.15, 0.2) is 36.4 Å². The second kappa shape index (κ2) is 16.5. The quantitative estimate of drug-likeness (QED) is 0.341. The van der Waals surface area contributed by atoms with Crippen molar-refractivity contribution in [3.63, 3.8) is 0 Å². The third kappa shape index (κ3) is 11.1. The summed E-state index contributed by atoms with van der Waals surface area (Å²) in [4.78, 5) is 0. The standard InChI is InChI=1S/2C11H16O.C10H16.2C3H8/c2*1-8-5-6-10(12)9(7-8)11(2,3)4;1-2-9-7-4-5-8(6-7)10(9)3-1;2*1-3-2/h2*5-7,12H,1-4H3;7-10H,1-6H2;2*3H2,1-2H3. The van der Waals surface area contributed by atoms with Crippen molar-refractivity contribution in [1.29, 1.82) is 0 Å². The van der Waals surface area contributed by atoms with E-state index in [2.05, 4.69) is 69.2 Å². The van der Waals surface area contributed by atoms with Crippen LogP contribution in [-0.2, 0) is 10.8 Å². The molecule has 2 N–H and O–H groups in total. The predicted molar refractivity (Wildman–Crippen MR) is 177 cm³/mol. The van der Waals surface area contributed by atoms with Crippen molar-refractivity contribution < 1.29 is 10.2 Å². The lowest BCUT2D eigenvalue weighted by Crippen LogP contribution is -2.15. The molecule has 0 aromatic heterocycles. The van der Waals surface area contributed by atoms with Gasteiger partial charge in [-0.2, -0.15) is 0 Å². The van der Waals surface area contributed by atoms with E-state index in [9.17, 15) is 10.2 Å². The van der Waals surface area contributed by atoms with Gasteiger partial charge in [0, 0.05) is 0 Å². The molecular weight excluding hydrogens is 488 g/mol. The lowest BCUT2D eigenvalue weighted by atomic mass is 9.82. The fourth-order valence-electron chi connectivity index (χ4n) is 6.52. The molecule has 2 aromatic carbocycles. The van der Waals surface area contributed by atoms with Crippen LogP contribution in [0.4, 0.5) is 0 Å². The summed E-state index contributed by atoms with van der Waals surface area (Å²) in [6.07, 6.45) is 12.0. The summed E-state index contributed by atoms with van der Waals surface area (Å²) < 4.78 is 0. The molecule has 0 amide bonds. The number of hydrogen-bond acceptors (Lipinski definition) is 2. The van der Waals surface area contributed by atoms with E-state index in [1.807, 2.05) is 38.1 Å². The first-order chi connectivity index (χ1) is 18.6. The van der Waals surface area contributed by atoms with Gasteiger partial charge in [-0.1, -0.05) is 124 Å². The third-order valence-electron chi connectivity index (χ3n) is 8.27. The molecule has 0 aliphatic heterocycles. The minimum absolute atomic E-state index is 0.0239. The maximum Gasteiger partial charge on any atom is 0.119 e. The molecule has 4 unspecified atom stereocenters. The van der Waals surface area contributed by atoms with E-state index in [-0.39, 0.29) is 10.8 Å². The zero-order chi connectivity index (χ0) is 30.7. The lowest BCUT2D eigenvalue weighted by molar-refractivity contribution is 0.259. The lowest BCUT2D eigenvalue weighted by Gasteiger charge is -2.23. The minimum Gasteiger partial charge on any atom is -0.508 e. The first-order valence-corrected chi connectivity index (χ1v) is 16.2. The Hall–Kier alpha value is -1.96. The monoisotopic (exact) mass is 552 g/mol. The van der Waals surface area contributed by atoms with E-state index in [1.165, 1.54) is 47.6 Å². The van der Waals surface area contributed by atoms with Crippen molar-refractivity contribution in [3.8, 4) is 11.5 Å². The molecule has 3 aliphatic rings. The van der Waals surface area contributed by atoms with Crippen molar-refractivity contribution in [3.05, 3.63) is 58.7 Å². The topological polar surface area (TPSA) is 40.5 Å². The number of phenolic OH excluding ortho intramolecular Hbond substituents is 2. The van der Waals surface area contributed by atoms with Crippen molar-refractivity contribution >= 4 is 0 Å². The van der Waals surface area contributed by atoms with Crippen molar-refractivity contribution in [2.75, 3.05) is 0 Å². The highest BCUT2D eigenvalue weighted by atomic mass is 16.3. The zero-order valence-corrected chi connectivity index (χ0v) is 28.3. The molecule has 3 saturated carbocycles. The van der Waals surface area contributed by atoms with Gasteiger partial charge in [-0.25, -0.2) is 0 Å². The molecule has 4 atom stereocenters. The Morgan fingerprint density at radius 2 is 0.925 bits per heavy atom. The van der Waals surface area contributed by atoms with Crippen molar-refractivity contribution in [2.45, 2.75) is 145 Å². The van der Waals surface area contributed by atoms with Gasteiger partial charge in [0.1, 0.15) is 11.5 Å². The van der Waals surface area contributed by atoms with Gasteiger partial charge in [-0.15, -0.1) is 0 Å². The van der Waals surface area contributed by atoms with Crippen LogP contribution in [0.5, 0.6) is 11.5 Å². The van der Waals surface area contributed by atoms with Crippen LogP contribution in [0.3, 0.4) is 0 Å². The number of rotatable bonds is 0. The Bertz CT molecular complexity index is 912. The highest BCUT2D eigenvalue weighted by Gasteiger charge is 2.48. The fraction of sp³-hybridized carbons (Fsp3) is 0.684. The summed E-state index contributed by atoms with van der Waals surface area (Å²) in [6, 6.07) is 11.4. The number of phenols is 2. The maximum absolute atomic E-state index is 9.57. The van der Waals surface area contributed by atoms with E-state index in [0.29, 0.717) is 11.5 Å². The molecular formula is C38H64O2. The van der Waals surface area contributed by atoms with Crippen LogP contribution in [0.25, 0.3) is 0 Å². The van der Waals surface area contributed by atoms with Crippen LogP contribution in [0.1, 0.15) is 143 Å². The fourth-order valence-corrected chi connectivity index (χ4v) is 6.52. The number of hydrogen-bond donors (Lipinski definition) is 2. The van der Waals surface area contributed by atoms with Gasteiger partial charge in [-0.3, -0.25) is 0 Å².